The molecule has 1 aromatic heterocycles. The number of aryl methyl sites for hydroxylation is 1. The van der Waals surface area contributed by atoms with Crippen LogP contribution in [0.1, 0.15) is 5.56 Å². The second-order valence-electron chi connectivity index (χ2n) is 3.40. The molecule has 2 nitrogen and oxygen atoms in total. The summed E-state index contributed by atoms with van der Waals surface area (Å²) in [5.41, 5.74) is 2.91. The van der Waals surface area contributed by atoms with Gasteiger partial charge in [-0.15, -0.1) is 0 Å². The van der Waals surface area contributed by atoms with Gasteiger partial charge in [0.1, 0.15) is 10.2 Å². The maximum Gasteiger partial charge on any atom is 0.149 e. The van der Waals surface area contributed by atoms with Crippen molar-refractivity contribution in [2.45, 2.75) is 6.92 Å². The zero-order chi connectivity index (χ0) is 11.5. The third-order valence-electron chi connectivity index (χ3n) is 2.26. The van der Waals surface area contributed by atoms with Crippen molar-refractivity contribution in [3.05, 3.63) is 52.3 Å². The Bertz CT molecular complexity index is 512. The zero-order valence-corrected chi connectivity index (χ0v) is 10.2. The lowest BCUT2D eigenvalue weighted by Gasteiger charge is -2.10. The summed E-state index contributed by atoms with van der Waals surface area (Å²) in [7, 11) is 0. The number of anilines is 2. The van der Waals surface area contributed by atoms with E-state index in [0.717, 1.165) is 16.9 Å². The van der Waals surface area contributed by atoms with E-state index in [2.05, 4.69) is 10.3 Å². The van der Waals surface area contributed by atoms with E-state index < -0.39 is 0 Å². The van der Waals surface area contributed by atoms with E-state index in [1.807, 2.05) is 31.2 Å². The van der Waals surface area contributed by atoms with Crippen LogP contribution in [-0.4, -0.2) is 4.98 Å². The molecule has 82 valence electrons. The summed E-state index contributed by atoms with van der Waals surface area (Å²) in [5, 5.41) is 3.97. The molecule has 0 spiro atoms. The molecule has 0 unspecified atom stereocenters. The molecule has 0 radical (unpaired) electrons. The Labute approximate surface area is 104 Å². The predicted octanol–water partition coefficient (Wildman–Crippen LogP) is 4.44. The highest BCUT2D eigenvalue weighted by atomic mass is 35.5. The molecule has 0 atom stereocenters. The van der Waals surface area contributed by atoms with Gasteiger partial charge in [-0.25, -0.2) is 4.98 Å². The SMILES string of the molecule is Cc1ccccc1Nc1ccnc(Cl)c1Cl. The normalized spacial score (nSPS) is 10.2. The fourth-order valence-corrected chi connectivity index (χ4v) is 1.69. The second-order valence-corrected chi connectivity index (χ2v) is 4.14. The average Bonchev–Trinajstić information content (AvgIpc) is 2.28. The van der Waals surface area contributed by atoms with Crippen LogP contribution < -0.4 is 5.32 Å². The highest BCUT2D eigenvalue weighted by Crippen LogP contribution is 2.30. The van der Waals surface area contributed by atoms with Crippen molar-refractivity contribution in [3.8, 4) is 0 Å². The molecule has 0 fully saturated rings. The number of para-hydroxylation sites is 1. The molecule has 0 aliphatic carbocycles. The van der Waals surface area contributed by atoms with E-state index in [0.29, 0.717) is 10.2 Å². The molecule has 0 saturated carbocycles. The molecular weight excluding hydrogens is 243 g/mol. The van der Waals surface area contributed by atoms with Gasteiger partial charge in [0.2, 0.25) is 0 Å². The van der Waals surface area contributed by atoms with Crippen molar-refractivity contribution in [1.29, 1.82) is 0 Å². The van der Waals surface area contributed by atoms with Crippen LogP contribution in [0.25, 0.3) is 0 Å². The van der Waals surface area contributed by atoms with Gasteiger partial charge in [0, 0.05) is 11.9 Å². The molecule has 0 amide bonds. The summed E-state index contributed by atoms with van der Waals surface area (Å²) in [6, 6.07) is 9.76. The van der Waals surface area contributed by atoms with Crippen molar-refractivity contribution >= 4 is 34.6 Å². The van der Waals surface area contributed by atoms with Crippen LogP contribution in [0.2, 0.25) is 10.2 Å². The molecule has 2 rings (SSSR count). The Morgan fingerprint density at radius 1 is 1.06 bits per heavy atom. The van der Waals surface area contributed by atoms with Crippen LogP contribution in [0, 0.1) is 6.92 Å². The molecule has 1 aromatic carbocycles. The number of nitrogens with zero attached hydrogens (tertiary/aromatic N) is 1. The maximum absolute atomic E-state index is 6.04. The third kappa shape index (κ3) is 2.29. The number of aromatic nitrogens is 1. The van der Waals surface area contributed by atoms with E-state index in [4.69, 9.17) is 23.2 Å². The van der Waals surface area contributed by atoms with Crippen LogP contribution in [-0.2, 0) is 0 Å². The van der Waals surface area contributed by atoms with Gasteiger partial charge in [0.05, 0.1) is 5.69 Å². The Morgan fingerprint density at radius 2 is 1.81 bits per heavy atom. The largest absolute Gasteiger partial charge is 0.354 e. The lowest BCUT2D eigenvalue weighted by atomic mass is 10.2. The van der Waals surface area contributed by atoms with E-state index in [1.54, 1.807) is 12.3 Å². The molecule has 0 bridgehead atoms. The smallest absolute Gasteiger partial charge is 0.149 e. The molecule has 1 heterocycles. The topological polar surface area (TPSA) is 24.9 Å². The maximum atomic E-state index is 6.04. The lowest BCUT2D eigenvalue weighted by molar-refractivity contribution is 1.32. The second kappa shape index (κ2) is 4.73. The van der Waals surface area contributed by atoms with Gasteiger partial charge in [0.15, 0.2) is 0 Å². The number of hydrogen-bond donors (Lipinski definition) is 1. The van der Waals surface area contributed by atoms with E-state index in [9.17, 15) is 0 Å². The van der Waals surface area contributed by atoms with Gasteiger partial charge in [-0.05, 0) is 24.6 Å². The van der Waals surface area contributed by atoms with Crippen LogP contribution in [0.15, 0.2) is 36.5 Å². The van der Waals surface area contributed by atoms with Crippen molar-refractivity contribution in [2.75, 3.05) is 5.32 Å². The quantitative estimate of drug-likeness (QED) is 0.800. The monoisotopic (exact) mass is 252 g/mol. The first kappa shape index (κ1) is 11.2. The summed E-state index contributed by atoms with van der Waals surface area (Å²) in [5.74, 6) is 0. The van der Waals surface area contributed by atoms with Gasteiger partial charge in [-0.3, -0.25) is 0 Å². The predicted molar refractivity (Wildman–Crippen MR) is 68.7 cm³/mol. The van der Waals surface area contributed by atoms with Gasteiger partial charge in [0.25, 0.3) is 0 Å². The summed E-state index contributed by atoms with van der Waals surface area (Å²) in [4.78, 5) is 3.90. The number of nitrogens with one attached hydrogen (secondary N) is 1. The number of benzene rings is 1. The Kier molecular flexibility index (Phi) is 3.32. The standard InChI is InChI=1S/C12H10Cl2N2/c1-8-4-2-3-5-9(8)16-10-6-7-15-12(14)11(10)13/h2-7H,1H3,(H,15,16). The first-order valence-electron chi connectivity index (χ1n) is 4.81. The average molecular weight is 253 g/mol. The lowest BCUT2D eigenvalue weighted by Crippen LogP contribution is -1.94. The Hall–Kier alpha value is -1.25. The van der Waals surface area contributed by atoms with Gasteiger partial charge in [-0.1, -0.05) is 41.4 Å². The summed E-state index contributed by atoms with van der Waals surface area (Å²) >= 11 is 11.9. The van der Waals surface area contributed by atoms with Crippen LogP contribution in [0.5, 0.6) is 0 Å². The minimum absolute atomic E-state index is 0.306. The molecular formula is C12H10Cl2N2. The minimum Gasteiger partial charge on any atom is -0.354 e. The summed E-state index contributed by atoms with van der Waals surface area (Å²) in [6.07, 6.45) is 1.62. The van der Waals surface area contributed by atoms with E-state index in [1.165, 1.54) is 0 Å². The van der Waals surface area contributed by atoms with E-state index >= 15 is 0 Å². The van der Waals surface area contributed by atoms with Crippen LogP contribution >= 0.6 is 23.2 Å². The fourth-order valence-electron chi connectivity index (χ4n) is 1.37. The number of rotatable bonds is 2. The molecule has 4 heteroatoms. The molecule has 0 saturated heterocycles. The molecule has 0 aliphatic heterocycles. The number of hydrogen-bond acceptors (Lipinski definition) is 2. The Morgan fingerprint density at radius 3 is 2.56 bits per heavy atom. The van der Waals surface area contributed by atoms with Crippen LogP contribution in [0.4, 0.5) is 11.4 Å². The molecule has 16 heavy (non-hydrogen) atoms. The van der Waals surface area contributed by atoms with E-state index in [-0.39, 0.29) is 0 Å². The number of halogens is 2. The first-order valence-corrected chi connectivity index (χ1v) is 5.57. The summed E-state index contributed by atoms with van der Waals surface area (Å²) < 4.78 is 0. The molecule has 2 aromatic rings. The zero-order valence-electron chi connectivity index (χ0n) is 8.67. The van der Waals surface area contributed by atoms with Crippen molar-refractivity contribution < 1.29 is 0 Å². The third-order valence-corrected chi connectivity index (χ3v) is 3.03. The van der Waals surface area contributed by atoms with Gasteiger partial charge in [-0.2, -0.15) is 0 Å². The first-order chi connectivity index (χ1) is 7.68. The van der Waals surface area contributed by atoms with Crippen molar-refractivity contribution in [3.63, 3.8) is 0 Å². The highest BCUT2D eigenvalue weighted by molar-refractivity contribution is 6.43. The fraction of sp³-hybridized carbons (Fsp3) is 0.0833. The minimum atomic E-state index is 0.306. The van der Waals surface area contributed by atoms with Gasteiger partial charge < -0.3 is 5.32 Å². The van der Waals surface area contributed by atoms with Crippen molar-refractivity contribution in [2.24, 2.45) is 0 Å². The van der Waals surface area contributed by atoms with Crippen molar-refractivity contribution in [1.82, 2.24) is 4.98 Å². The van der Waals surface area contributed by atoms with Crippen LogP contribution in [0.3, 0.4) is 0 Å². The Balaban J connectivity index is 2.35. The summed E-state index contributed by atoms with van der Waals surface area (Å²) in [6.45, 7) is 2.03. The number of pyridine rings is 1. The molecule has 0 aliphatic rings. The highest BCUT2D eigenvalue weighted by Gasteiger charge is 2.06. The van der Waals surface area contributed by atoms with Gasteiger partial charge >= 0.3 is 0 Å². The molecule has 1 N–H and O–H groups in total.